The molecule has 0 N–H and O–H groups in total. The maximum absolute atomic E-state index is 12.4. The van der Waals surface area contributed by atoms with Crippen molar-refractivity contribution in [2.75, 3.05) is 13.1 Å². The van der Waals surface area contributed by atoms with Crippen molar-refractivity contribution in [3.8, 4) is 0 Å². The zero-order chi connectivity index (χ0) is 16.2. The molecule has 4 nitrogen and oxygen atoms in total. The number of halogens is 1. The average molecular weight is 357 g/mol. The first-order valence-corrected chi connectivity index (χ1v) is 9.51. The molecule has 0 aliphatic carbocycles. The standard InChI is InChI=1S/C15H17ClN2O2S2/c1-3-18(4-2)22(19,20)12-9-10-15(17-11-12)21-14-8-6-5-7-13(14)16/h5-11H,3-4H2,1-2H3. The van der Waals surface area contributed by atoms with Gasteiger partial charge in [-0.1, -0.05) is 49.3 Å². The van der Waals surface area contributed by atoms with Crippen LogP contribution in [0.3, 0.4) is 0 Å². The normalized spacial score (nSPS) is 11.8. The smallest absolute Gasteiger partial charge is 0.244 e. The molecule has 0 unspecified atom stereocenters. The van der Waals surface area contributed by atoms with E-state index in [1.807, 2.05) is 38.1 Å². The van der Waals surface area contributed by atoms with Crippen LogP contribution in [-0.2, 0) is 10.0 Å². The Morgan fingerprint density at radius 2 is 1.82 bits per heavy atom. The SMILES string of the molecule is CCN(CC)S(=O)(=O)c1ccc(Sc2ccccc2Cl)nc1. The number of hydrogen-bond acceptors (Lipinski definition) is 4. The van der Waals surface area contributed by atoms with Gasteiger partial charge in [-0.15, -0.1) is 0 Å². The first kappa shape index (κ1) is 17.3. The third kappa shape index (κ3) is 3.81. The minimum atomic E-state index is -3.46. The van der Waals surface area contributed by atoms with Gasteiger partial charge in [0.25, 0.3) is 0 Å². The summed E-state index contributed by atoms with van der Waals surface area (Å²) in [6, 6.07) is 10.7. The van der Waals surface area contributed by atoms with Crippen LogP contribution in [0.1, 0.15) is 13.8 Å². The second-order valence-corrected chi connectivity index (χ2v) is 7.86. The first-order valence-electron chi connectivity index (χ1n) is 6.87. The van der Waals surface area contributed by atoms with Crippen LogP contribution < -0.4 is 0 Å². The van der Waals surface area contributed by atoms with Gasteiger partial charge in [0.15, 0.2) is 0 Å². The van der Waals surface area contributed by atoms with E-state index in [1.54, 1.807) is 12.1 Å². The summed E-state index contributed by atoms with van der Waals surface area (Å²) in [5, 5.41) is 1.35. The van der Waals surface area contributed by atoms with Crippen LogP contribution in [0.15, 0.2) is 57.4 Å². The molecule has 118 valence electrons. The lowest BCUT2D eigenvalue weighted by molar-refractivity contribution is 0.445. The van der Waals surface area contributed by atoms with Gasteiger partial charge in [0.05, 0.1) is 5.02 Å². The molecule has 0 radical (unpaired) electrons. The van der Waals surface area contributed by atoms with E-state index in [9.17, 15) is 8.42 Å². The van der Waals surface area contributed by atoms with Crippen LogP contribution in [0.5, 0.6) is 0 Å². The quantitative estimate of drug-likeness (QED) is 0.787. The van der Waals surface area contributed by atoms with Crippen LogP contribution in [0.2, 0.25) is 5.02 Å². The van der Waals surface area contributed by atoms with Crippen molar-refractivity contribution in [1.29, 1.82) is 0 Å². The van der Waals surface area contributed by atoms with Gasteiger partial charge in [-0.2, -0.15) is 4.31 Å². The molecular formula is C15H17ClN2O2S2. The van der Waals surface area contributed by atoms with E-state index in [1.165, 1.54) is 22.3 Å². The Hall–Kier alpha value is -1.08. The summed E-state index contributed by atoms with van der Waals surface area (Å²) < 4.78 is 26.2. The molecule has 1 aromatic carbocycles. The molecule has 0 amide bonds. The lowest BCUT2D eigenvalue weighted by Crippen LogP contribution is -2.30. The predicted octanol–water partition coefficient (Wildman–Crippen LogP) is 3.92. The second-order valence-electron chi connectivity index (χ2n) is 4.45. The Morgan fingerprint density at radius 3 is 2.36 bits per heavy atom. The van der Waals surface area contributed by atoms with E-state index < -0.39 is 10.0 Å². The lowest BCUT2D eigenvalue weighted by atomic mass is 10.4. The van der Waals surface area contributed by atoms with E-state index in [-0.39, 0.29) is 4.90 Å². The van der Waals surface area contributed by atoms with Gasteiger partial charge in [-0.05, 0) is 24.3 Å². The van der Waals surface area contributed by atoms with E-state index in [4.69, 9.17) is 11.6 Å². The van der Waals surface area contributed by atoms with Crippen molar-refractivity contribution in [2.24, 2.45) is 0 Å². The van der Waals surface area contributed by atoms with Crippen molar-refractivity contribution >= 4 is 33.4 Å². The number of aromatic nitrogens is 1. The number of pyridine rings is 1. The number of hydrogen-bond donors (Lipinski definition) is 0. The molecule has 1 aromatic heterocycles. The molecule has 2 aromatic rings. The molecule has 0 fully saturated rings. The average Bonchev–Trinajstić information content (AvgIpc) is 2.51. The Kier molecular flexibility index (Phi) is 5.86. The minimum Gasteiger partial charge on any atom is -0.248 e. The molecule has 0 spiro atoms. The van der Waals surface area contributed by atoms with Crippen molar-refractivity contribution in [2.45, 2.75) is 28.7 Å². The van der Waals surface area contributed by atoms with Crippen LogP contribution in [0.25, 0.3) is 0 Å². The molecule has 0 saturated carbocycles. The summed E-state index contributed by atoms with van der Waals surface area (Å²) in [5.74, 6) is 0. The van der Waals surface area contributed by atoms with Crippen LogP contribution >= 0.6 is 23.4 Å². The minimum absolute atomic E-state index is 0.208. The third-order valence-electron chi connectivity index (χ3n) is 3.10. The fourth-order valence-corrected chi connectivity index (χ4v) is 4.37. The fourth-order valence-electron chi connectivity index (χ4n) is 1.93. The zero-order valence-corrected chi connectivity index (χ0v) is 14.7. The highest BCUT2D eigenvalue weighted by Gasteiger charge is 2.21. The van der Waals surface area contributed by atoms with Gasteiger partial charge < -0.3 is 0 Å². The Bertz CT molecular complexity index is 729. The molecular weight excluding hydrogens is 340 g/mol. The summed E-state index contributed by atoms with van der Waals surface area (Å²) in [7, 11) is -3.46. The molecule has 1 heterocycles. The van der Waals surface area contributed by atoms with Gasteiger partial charge in [0, 0.05) is 24.2 Å². The highest BCUT2D eigenvalue weighted by molar-refractivity contribution is 7.99. The summed E-state index contributed by atoms with van der Waals surface area (Å²) in [6.07, 6.45) is 1.40. The van der Waals surface area contributed by atoms with Crippen molar-refractivity contribution < 1.29 is 8.42 Å². The molecule has 0 bridgehead atoms. The molecule has 2 rings (SSSR count). The van der Waals surface area contributed by atoms with E-state index in [0.29, 0.717) is 23.1 Å². The molecule has 0 atom stereocenters. The van der Waals surface area contributed by atoms with Crippen molar-refractivity contribution in [3.05, 3.63) is 47.6 Å². The molecule has 0 aliphatic heterocycles. The largest absolute Gasteiger partial charge is 0.248 e. The topological polar surface area (TPSA) is 50.3 Å². The summed E-state index contributed by atoms with van der Waals surface area (Å²) in [6.45, 7) is 4.51. The predicted molar refractivity (Wildman–Crippen MR) is 89.9 cm³/mol. The van der Waals surface area contributed by atoms with Crippen LogP contribution in [0.4, 0.5) is 0 Å². The van der Waals surface area contributed by atoms with Gasteiger partial charge in [-0.3, -0.25) is 0 Å². The fraction of sp³-hybridized carbons (Fsp3) is 0.267. The summed E-state index contributed by atoms with van der Waals surface area (Å²) in [5.41, 5.74) is 0. The molecule has 7 heteroatoms. The van der Waals surface area contributed by atoms with E-state index in [0.717, 1.165) is 4.90 Å². The highest BCUT2D eigenvalue weighted by atomic mass is 35.5. The molecule has 0 saturated heterocycles. The summed E-state index contributed by atoms with van der Waals surface area (Å²) >= 11 is 7.51. The molecule has 0 aliphatic rings. The highest BCUT2D eigenvalue weighted by Crippen LogP contribution is 2.32. The van der Waals surface area contributed by atoms with Gasteiger partial charge in [-0.25, -0.2) is 13.4 Å². The lowest BCUT2D eigenvalue weighted by Gasteiger charge is -2.18. The van der Waals surface area contributed by atoms with Crippen molar-refractivity contribution in [3.63, 3.8) is 0 Å². The number of nitrogens with zero attached hydrogens (tertiary/aromatic N) is 2. The van der Waals surface area contributed by atoms with Crippen LogP contribution in [0, 0.1) is 0 Å². The van der Waals surface area contributed by atoms with E-state index in [2.05, 4.69) is 4.98 Å². The number of sulfonamides is 1. The summed E-state index contributed by atoms with van der Waals surface area (Å²) in [4.78, 5) is 5.32. The molecule has 22 heavy (non-hydrogen) atoms. The number of benzene rings is 1. The monoisotopic (exact) mass is 356 g/mol. The van der Waals surface area contributed by atoms with Crippen molar-refractivity contribution in [1.82, 2.24) is 9.29 Å². The second kappa shape index (κ2) is 7.46. The van der Waals surface area contributed by atoms with Gasteiger partial charge >= 0.3 is 0 Å². The maximum atomic E-state index is 12.4. The zero-order valence-electron chi connectivity index (χ0n) is 12.4. The van der Waals surface area contributed by atoms with Gasteiger partial charge in [0.1, 0.15) is 9.92 Å². The number of rotatable bonds is 6. The third-order valence-corrected chi connectivity index (χ3v) is 6.61. The Balaban J connectivity index is 2.22. The Labute approximate surface area is 140 Å². The Morgan fingerprint density at radius 1 is 1.14 bits per heavy atom. The first-order chi connectivity index (χ1) is 10.5. The van der Waals surface area contributed by atoms with Crippen LogP contribution in [-0.4, -0.2) is 30.8 Å². The van der Waals surface area contributed by atoms with Gasteiger partial charge in [0.2, 0.25) is 10.0 Å². The maximum Gasteiger partial charge on any atom is 0.244 e. The van der Waals surface area contributed by atoms with E-state index >= 15 is 0 Å².